The number of aromatic nitrogens is 2. The predicted octanol–water partition coefficient (Wildman–Crippen LogP) is 3.65. The van der Waals surface area contributed by atoms with Crippen molar-refractivity contribution in [3.05, 3.63) is 55.9 Å². The van der Waals surface area contributed by atoms with Crippen LogP contribution in [0.25, 0.3) is 0 Å². The zero-order valence-corrected chi connectivity index (χ0v) is 13.0. The zero-order chi connectivity index (χ0) is 15.4. The van der Waals surface area contributed by atoms with Crippen molar-refractivity contribution in [2.24, 2.45) is 5.10 Å². The van der Waals surface area contributed by atoms with Crippen molar-refractivity contribution in [1.82, 2.24) is 9.97 Å². The van der Waals surface area contributed by atoms with E-state index in [9.17, 15) is 4.79 Å². The quantitative estimate of drug-likeness (QED) is 0.666. The lowest BCUT2D eigenvalue weighted by Gasteiger charge is -2.05. The average molecular weight is 325 g/mol. The van der Waals surface area contributed by atoms with E-state index < -0.39 is 0 Å². The van der Waals surface area contributed by atoms with Crippen molar-refractivity contribution in [1.29, 1.82) is 0 Å². The number of aromatic amines is 1. The highest BCUT2D eigenvalue weighted by Crippen LogP contribution is 2.21. The Labute approximate surface area is 132 Å². The van der Waals surface area contributed by atoms with Gasteiger partial charge < -0.3 is 0 Å². The molecular weight excluding hydrogens is 311 g/mol. The molecule has 0 saturated heterocycles. The molecule has 1 heterocycles. The highest BCUT2D eigenvalue weighted by atomic mass is 35.5. The van der Waals surface area contributed by atoms with Gasteiger partial charge in [-0.1, -0.05) is 43.1 Å². The molecule has 110 valence electrons. The van der Waals surface area contributed by atoms with Crippen LogP contribution >= 0.6 is 23.2 Å². The number of hydrogen-bond acceptors (Lipinski definition) is 4. The first-order valence-corrected chi connectivity index (χ1v) is 7.06. The molecule has 7 heteroatoms. The molecule has 1 aromatic heterocycles. The van der Waals surface area contributed by atoms with Crippen LogP contribution in [0, 0.1) is 0 Å². The van der Waals surface area contributed by atoms with Crippen LogP contribution in [-0.2, 0) is 0 Å². The topological polar surface area (TPSA) is 70.1 Å². The molecule has 0 aliphatic carbocycles. The molecule has 0 fully saturated rings. The first-order chi connectivity index (χ1) is 9.95. The van der Waals surface area contributed by atoms with E-state index in [1.807, 2.05) is 13.8 Å². The van der Waals surface area contributed by atoms with Crippen LogP contribution in [0.4, 0.5) is 5.95 Å². The van der Waals surface area contributed by atoms with Crippen molar-refractivity contribution in [2.75, 3.05) is 5.43 Å². The van der Waals surface area contributed by atoms with Crippen molar-refractivity contribution in [3.8, 4) is 0 Å². The Balaban J connectivity index is 2.13. The highest BCUT2D eigenvalue weighted by molar-refractivity contribution is 6.42. The molecule has 5 nitrogen and oxygen atoms in total. The Morgan fingerprint density at radius 1 is 1.29 bits per heavy atom. The van der Waals surface area contributed by atoms with E-state index in [1.54, 1.807) is 24.4 Å². The minimum Gasteiger partial charge on any atom is -0.291 e. The van der Waals surface area contributed by atoms with Crippen molar-refractivity contribution in [2.45, 2.75) is 19.8 Å². The number of nitrogens with one attached hydrogen (secondary N) is 2. The van der Waals surface area contributed by atoms with Crippen LogP contribution in [0.5, 0.6) is 0 Å². The van der Waals surface area contributed by atoms with Crippen molar-refractivity contribution in [3.63, 3.8) is 0 Å². The van der Waals surface area contributed by atoms with Gasteiger partial charge in [0.15, 0.2) is 0 Å². The molecule has 0 atom stereocenters. The van der Waals surface area contributed by atoms with Crippen LogP contribution in [0.15, 0.2) is 34.2 Å². The maximum atomic E-state index is 11.5. The SMILES string of the molecule is CC(C)c1cc(=O)[nH]c(N/N=C\c2ccc(Cl)c(Cl)c2)n1. The summed E-state index contributed by atoms with van der Waals surface area (Å²) in [5, 5.41) is 4.95. The fourth-order valence-electron chi connectivity index (χ4n) is 1.59. The van der Waals surface area contributed by atoms with Crippen LogP contribution in [0.2, 0.25) is 10.0 Å². The van der Waals surface area contributed by atoms with E-state index >= 15 is 0 Å². The molecule has 0 unspecified atom stereocenters. The first kappa shape index (κ1) is 15.5. The number of benzene rings is 1. The zero-order valence-electron chi connectivity index (χ0n) is 11.5. The van der Waals surface area contributed by atoms with Gasteiger partial charge in [-0.05, 0) is 23.6 Å². The van der Waals surface area contributed by atoms with Gasteiger partial charge in [0.05, 0.1) is 22.0 Å². The predicted molar refractivity (Wildman–Crippen MR) is 86.6 cm³/mol. The largest absolute Gasteiger partial charge is 0.291 e. The number of hydrogen-bond donors (Lipinski definition) is 2. The maximum Gasteiger partial charge on any atom is 0.252 e. The molecule has 1 aromatic carbocycles. The number of H-pyrrole nitrogens is 1. The van der Waals surface area contributed by atoms with Gasteiger partial charge in [0.25, 0.3) is 5.56 Å². The normalized spacial score (nSPS) is 11.3. The fraction of sp³-hybridized carbons (Fsp3) is 0.214. The van der Waals surface area contributed by atoms with Crippen LogP contribution in [0.3, 0.4) is 0 Å². The lowest BCUT2D eigenvalue weighted by molar-refractivity contribution is 0.810. The number of hydrazone groups is 1. The minimum atomic E-state index is -0.221. The standard InChI is InChI=1S/C14H14Cl2N4O/c1-8(2)12-6-13(21)19-14(18-12)20-17-7-9-3-4-10(15)11(16)5-9/h3-8H,1-2H3,(H2,18,19,20,21)/b17-7-. The maximum absolute atomic E-state index is 11.5. The van der Waals surface area contributed by atoms with Crippen LogP contribution in [-0.4, -0.2) is 16.2 Å². The summed E-state index contributed by atoms with van der Waals surface area (Å²) in [6, 6.07) is 6.62. The Morgan fingerprint density at radius 3 is 2.71 bits per heavy atom. The van der Waals surface area contributed by atoms with Crippen LogP contribution in [0.1, 0.15) is 31.0 Å². The number of nitrogens with zero attached hydrogens (tertiary/aromatic N) is 2. The number of rotatable bonds is 4. The van der Waals surface area contributed by atoms with Gasteiger partial charge in [-0.25, -0.2) is 10.4 Å². The number of halogens is 2. The van der Waals surface area contributed by atoms with Gasteiger partial charge in [0, 0.05) is 6.07 Å². The van der Waals surface area contributed by atoms with E-state index in [0.717, 1.165) is 5.56 Å². The molecule has 0 amide bonds. The van der Waals surface area contributed by atoms with Gasteiger partial charge in [0.1, 0.15) is 0 Å². The molecule has 21 heavy (non-hydrogen) atoms. The Bertz CT molecular complexity index is 725. The van der Waals surface area contributed by atoms with Crippen molar-refractivity contribution < 1.29 is 0 Å². The second kappa shape index (κ2) is 6.74. The molecule has 0 aliphatic heterocycles. The summed E-state index contributed by atoms with van der Waals surface area (Å²) in [6.45, 7) is 3.93. The fourth-order valence-corrected chi connectivity index (χ4v) is 1.89. The Hall–Kier alpha value is -1.85. The molecule has 0 radical (unpaired) electrons. The smallest absolute Gasteiger partial charge is 0.252 e. The van der Waals surface area contributed by atoms with E-state index in [2.05, 4.69) is 20.5 Å². The molecule has 0 bridgehead atoms. The third-order valence-electron chi connectivity index (χ3n) is 2.68. The number of anilines is 1. The Morgan fingerprint density at radius 2 is 2.05 bits per heavy atom. The van der Waals surface area contributed by atoms with Gasteiger partial charge >= 0.3 is 0 Å². The molecule has 2 N–H and O–H groups in total. The summed E-state index contributed by atoms with van der Waals surface area (Å²) >= 11 is 11.7. The summed E-state index contributed by atoms with van der Waals surface area (Å²) in [7, 11) is 0. The second-order valence-electron chi connectivity index (χ2n) is 4.72. The summed E-state index contributed by atoms with van der Waals surface area (Å²) in [5.41, 5.74) is 3.95. The highest BCUT2D eigenvalue weighted by Gasteiger charge is 2.04. The average Bonchev–Trinajstić information content (AvgIpc) is 2.42. The summed E-state index contributed by atoms with van der Waals surface area (Å²) in [4.78, 5) is 18.4. The second-order valence-corrected chi connectivity index (χ2v) is 5.53. The Kier molecular flexibility index (Phi) is 4.98. The third-order valence-corrected chi connectivity index (χ3v) is 3.42. The summed E-state index contributed by atoms with van der Waals surface area (Å²) in [6.07, 6.45) is 1.56. The van der Waals surface area contributed by atoms with Crippen LogP contribution < -0.4 is 11.0 Å². The summed E-state index contributed by atoms with van der Waals surface area (Å²) in [5.74, 6) is 0.453. The molecule has 0 spiro atoms. The monoisotopic (exact) mass is 324 g/mol. The third kappa shape index (κ3) is 4.31. The lowest BCUT2D eigenvalue weighted by atomic mass is 10.1. The van der Waals surface area contributed by atoms with E-state index in [4.69, 9.17) is 23.2 Å². The van der Waals surface area contributed by atoms with Crippen molar-refractivity contribution >= 4 is 35.4 Å². The van der Waals surface area contributed by atoms with Gasteiger partial charge in [-0.2, -0.15) is 5.10 Å². The molecule has 2 rings (SSSR count). The van der Waals surface area contributed by atoms with E-state index in [0.29, 0.717) is 21.7 Å². The lowest BCUT2D eigenvalue weighted by Crippen LogP contribution is -2.12. The molecular formula is C14H14Cl2N4O. The first-order valence-electron chi connectivity index (χ1n) is 6.31. The van der Waals surface area contributed by atoms with Gasteiger partial charge in [0.2, 0.25) is 5.95 Å². The summed E-state index contributed by atoms with van der Waals surface area (Å²) < 4.78 is 0. The van der Waals surface area contributed by atoms with Gasteiger partial charge in [-0.3, -0.25) is 9.78 Å². The molecule has 2 aromatic rings. The van der Waals surface area contributed by atoms with E-state index in [-0.39, 0.29) is 11.5 Å². The molecule has 0 aliphatic rings. The minimum absolute atomic E-state index is 0.159. The molecule has 0 saturated carbocycles. The van der Waals surface area contributed by atoms with E-state index in [1.165, 1.54) is 6.07 Å². The van der Waals surface area contributed by atoms with Gasteiger partial charge in [-0.15, -0.1) is 0 Å².